The van der Waals surface area contributed by atoms with Crippen molar-refractivity contribution in [3.05, 3.63) is 132 Å². The molecular formula is C34H25FN4O2S. The van der Waals surface area contributed by atoms with E-state index in [0.29, 0.717) is 16.4 Å². The summed E-state index contributed by atoms with van der Waals surface area (Å²) < 4.78 is 22.2. The summed E-state index contributed by atoms with van der Waals surface area (Å²) in [5, 5.41) is 22.6. The maximum Gasteiger partial charge on any atom is 0.184 e. The van der Waals surface area contributed by atoms with Crippen LogP contribution in [0.5, 0.6) is 11.5 Å². The molecule has 6 nitrogen and oxygen atoms in total. The molecule has 5 aromatic carbocycles. The average Bonchev–Trinajstić information content (AvgIpc) is 3.65. The molecule has 7 rings (SSSR count). The summed E-state index contributed by atoms with van der Waals surface area (Å²) in [6, 6.07) is 32.9. The van der Waals surface area contributed by atoms with Gasteiger partial charge in [0.2, 0.25) is 0 Å². The van der Waals surface area contributed by atoms with Gasteiger partial charge in [-0.25, -0.2) is 14.1 Å². The zero-order valence-corrected chi connectivity index (χ0v) is 23.3. The highest BCUT2D eigenvalue weighted by molar-refractivity contribution is 7.22. The Labute approximate surface area is 245 Å². The van der Waals surface area contributed by atoms with E-state index in [9.17, 15) is 9.50 Å². The molecule has 2 N–H and O–H groups in total. The molecule has 0 amide bonds. The molecule has 2 aromatic heterocycles. The Bertz CT molecular complexity index is 2040. The summed E-state index contributed by atoms with van der Waals surface area (Å²) in [5.41, 5.74) is 4.62. The monoisotopic (exact) mass is 572 g/mol. The number of hydrogen-bond acceptors (Lipinski definition) is 6. The van der Waals surface area contributed by atoms with Crippen molar-refractivity contribution >= 4 is 37.5 Å². The second-order valence-corrected chi connectivity index (χ2v) is 10.9. The maximum absolute atomic E-state index is 14.0. The molecule has 0 fully saturated rings. The van der Waals surface area contributed by atoms with E-state index in [0.717, 1.165) is 43.6 Å². The molecule has 0 bridgehead atoms. The van der Waals surface area contributed by atoms with Gasteiger partial charge in [-0.2, -0.15) is 5.10 Å². The van der Waals surface area contributed by atoms with Gasteiger partial charge in [-0.15, -0.1) is 0 Å². The van der Waals surface area contributed by atoms with E-state index in [1.54, 1.807) is 25.3 Å². The molecule has 8 heteroatoms. The Balaban J connectivity index is 1.47. The topological polar surface area (TPSA) is 72.2 Å². The van der Waals surface area contributed by atoms with Gasteiger partial charge in [0.1, 0.15) is 17.3 Å². The van der Waals surface area contributed by atoms with Crippen molar-refractivity contribution < 1.29 is 14.2 Å². The number of para-hydroxylation sites is 1. The van der Waals surface area contributed by atoms with E-state index >= 15 is 0 Å². The summed E-state index contributed by atoms with van der Waals surface area (Å²) >= 11 is 1.50. The number of ether oxygens (including phenoxy) is 1. The Hall–Kier alpha value is -5.21. The van der Waals surface area contributed by atoms with Crippen molar-refractivity contribution in [2.45, 2.75) is 6.04 Å². The number of aromatic hydroxyl groups is 1. The van der Waals surface area contributed by atoms with Gasteiger partial charge in [-0.1, -0.05) is 59.9 Å². The maximum atomic E-state index is 14.0. The number of methoxy groups -OCH3 is 1. The summed E-state index contributed by atoms with van der Waals surface area (Å²) in [6.45, 7) is 0. The molecule has 2 heterocycles. The predicted molar refractivity (Wildman–Crippen MR) is 166 cm³/mol. The largest absolute Gasteiger partial charge is 0.508 e. The van der Waals surface area contributed by atoms with Gasteiger partial charge in [-0.05, 0) is 71.4 Å². The van der Waals surface area contributed by atoms with Gasteiger partial charge in [-0.3, -0.25) is 0 Å². The summed E-state index contributed by atoms with van der Waals surface area (Å²) in [6.07, 6.45) is 1.96. The number of anilines is 1. The van der Waals surface area contributed by atoms with Crippen LogP contribution in [-0.4, -0.2) is 27.0 Å². The average molecular weight is 573 g/mol. The second kappa shape index (κ2) is 10.6. The van der Waals surface area contributed by atoms with Crippen LogP contribution in [0.25, 0.3) is 37.9 Å². The van der Waals surface area contributed by atoms with Gasteiger partial charge >= 0.3 is 0 Å². The van der Waals surface area contributed by atoms with E-state index in [1.807, 2.05) is 89.7 Å². The lowest BCUT2D eigenvalue weighted by atomic mass is 9.91. The third-order valence-electron chi connectivity index (χ3n) is 7.29. The lowest BCUT2D eigenvalue weighted by Crippen LogP contribution is -2.13. The van der Waals surface area contributed by atoms with Crippen LogP contribution in [0.1, 0.15) is 17.2 Å². The number of aromatic nitrogens is 3. The van der Waals surface area contributed by atoms with Crippen molar-refractivity contribution in [1.29, 1.82) is 0 Å². The highest BCUT2D eigenvalue weighted by Gasteiger charge is 2.28. The number of hydrogen-bond donors (Lipinski definition) is 2. The van der Waals surface area contributed by atoms with Gasteiger partial charge < -0.3 is 15.2 Å². The Morgan fingerprint density at radius 1 is 0.905 bits per heavy atom. The SMILES string of the molecule is COc1ccc2nc(NC(c3cn(-c4ccccc4)nc3-c3ccc(F)cc3)c3c(O)ccc4ccccc34)sc2c1. The molecule has 0 spiro atoms. The third kappa shape index (κ3) is 4.71. The van der Waals surface area contributed by atoms with Crippen molar-refractivity contribution in [2.75, 3.05) is 12.4 Å². The number of nitrogens with one attached hydrogen (secondary N) is 1. The molecule has 0 aliphatic rings. The number of benzene rings is 5. The molecule has 1 atom stereocenters. The number of halogens is 1. The summed E-state index contributed by atoms with van der Waals surface area (Å²) in [5.74, 6) is 0.573. The fourth-order valence-electron chi connectivity index (χ4n) is 5.25. The number of nitrogens with zero attached hydrogens (tertiary/aromatic N) is 3. The number of phenols is 1. The van der Waals surface area contributed by atoms with E-state index in [2.05, 4.69) is 5.32 Å². The van der Waals surface area contributed by atoms with E-state index in [1.165, 1.54) is 23.5 Å². The molecule has 0 radical (unpaired) electrons. The van der Waals surface area contributed by atoms with Gasteiger partial charge in [0, 0.05) is 22.9 Å². The van der Waals surface area contributed by atoms with Crippen LogP contribution in [0.3, 0.4) is 0 Å². The van der Waals surface area contributed by atoms with Gasteiger partial charge in [0.15, 0.2) is 5.13 Å². The highest BCUT2D eigenvalue weighted by atomic mass is 32.1. The van der Waals surface area contributed by atoms with Crippen LogP contribution in [0.15, 0.2) is 115 Å². The van der Waals surface area contributed by atoms with Gasteiger partial charge in [0.05, 0.1) is 34.7 Å². The first kappa shape index (κ1) is 25.7. The highest BCUT2D eigenvalue weighted by Crippen LogP contribution is 2.42. The standard InChI is InChI=1S/C34H25FN4O2S/c1-41-25-16-17-28-30(19-25)42-34(36-28)37-33(31-26-10-6-5-7-21(26)13-18-29(31)40)27-20-39(24-8-3-2-4-9-24)38-32(27)22-11-14-23(35)15-12-22/h2-20,33,40H,1H3,(H,36,37). The quantitative estimate of drug-likeness (QED) is 0.201. The Kier molecular flexibility index (Phi) is 6.52. The number of thiazole rings is 1. The van der Waals surface area contributed by atoms with Crippen molar-refractivity contribution in [3.63, 3.8) is 0 Å². The number of phenolic OH excluding ortho intramolecular Hbond substituents is 1. The summed E-state index contributed by atoms with van der Waals surface area (Å²) in [4.78, 5) is 4.86. The smallest absolute Gasteiger partial charge is 0.184 e. The minimum Gasteiger partial charge on any atom is -0.508 e. The Morgan fingerprint density at radius 3 is 2.50 bits per heavy atom. The Morgan fingerprint density at radius 2 is 1.69 bits per heavy atom. The minimum absolute atomic E-state index is 0.145. The predicted octanol–water partition coefficient (Wildman–Crippen LogP) is 8.36. The fourth-order valence-corrected chi connectivity index (χ4v) is 6.18. The number of fused-ring (bicyclic) bond motifs is 2. The van der Waals surface area contributed by atoms with Crippen LogP contribution < -0.4 is 10.1 Å². The van der Waals surface area contributed by atoms with Crippen LogP contribution in [0.4, 0.5) is 9.52 Å². The molecular weight excluding hydrogens is 547 g/mol. The first-order valence-electron chi connectivity index (χ1n) is 13.4. The van der Waals surface area contributed by atoms with Crippen molar-refractivity contribution in [1.82, 2.24) is 14.8 Å². The van der Waals surface area contributed by atoms with Crippen molar-refractivity contribution in [2.24, 2.45) is 0 Å². The van der Waals surface area contributed by atoms with Crippen LogP contribution >= 0.6 is 11.3 Å². The first-order chi connectivity index (χ1) is 20.6. The second-order valence-electron chi connectivity index (χ2n) is 9.87. The summed E-state index contributed by atoms with van der Waals surface area (Å²) in [7, 11) is 1.64. The van der Waals surface area contributed by atoms with Crippen molar-refractivity contribution in [3.8, 4) is 28.4 Å². The first-order valence-corrected chi connectivity index (χ1v) is 14.2. The lowest BCUT2D eigenvalue weighted by Gasteiger charge is -2.22. The van der Waals surface area contributed by atoms with Crippen LogP contribution in [-0.2, 0) is 0 Å². The number of rotatable bonds is 7. The molecule has 206 valence electrons. The third-order valence-corrected chi connectivity index (χ3v) is 8.24. The van der Waals surface area contributed by atoms with Gasteiger partial charge in [0.25, 0.3) is 0 Å². The molecule has 0 saturated carbocycles. The molecule has 0 aliphatic heterocycles. The lowest BCUT2D eigenvalue weighted by molar-refractivity contribution is 0.415. The molecule has 1 unspecified atom stereocenters. The fraction of sp³-hybridized carbons (Fsp3) is 0.0588. The van der Waals surface area contributed by atoms with E-state index in [4.69, 9.17) is 14.8 Å². The minimum atomic E-state index is -0.559. The van der Waals surface area contributed by atoms with Crippen LogP contribution in [0, 0.1) is 5.82 Å². The van der Waals surface area contributed by atoms with E-state index in [-0.39, 0.29) is 11.6 Å². The zero-order chi connectivity index (χ0) is 28.6. The molecule has 7 aromatic rings. The van der Waals surface area contributed by atoms with Crippen LogP contribution in [0.2, 0.25) is 0 Å². The molecule has 0 aliphatic carbocycles. The molecule has 0 saturated heterocycles. The normalized spacial score (nSPS) is 12.0. The molecule has 42 heavy (non-hydrogen) atoms. The zero-order valence-electron chi connectivity index (χ0n) is 22.5. The van der Waals surface area contributed by atoms with E-state index < -0.39 is 6.04 Å².